The Bertz CT molecular complexity index is 1250. The number of fused-ring (bicyclic) bond motifs is 1. The van der Waals surface area contributed by atoms with Crippen molar-refractivity contribution in [2.75, 3.05) is 59.8 Å². The molecule has 1 N–H and O–H groups in total. The molecule has 37 heavy (non-hydrogen) atoms. The summed E-state index contributed by atoms with van der Waals surface area (Å²) >= 11 is 0. The summed E-state index contributed by atoms with van der Waals surface area (Å²) in [5.41, 5.74) is 6.71. The van der Waals surface area contributed by atoms with Gasteiger partial charge < -0.3 is 24.9 Å². The van der Waals surface area contributed by atoms with Gasteiger partial charge >= 0.3 is 0 Å². The molecule has 8 nitrogen and oxygen atoms in total. The van der Waals surface area contributed by atoms with E-state index in [2.05, 4.69) is 82.5 Å². The third-order valence-electron chi connectivity index (χ3n) is 7.78. The molecular weight excluding hydrogens is 462 g/mol. The minimum Gasteiger partial charge on any atom is -0.369 e. The van der Waals surface area contributed by atoms with Gasteiger partial charge in [-0.2, -0.15) is 4.98 Å². The van der Waals surface area contributed by atoms with Crippen LogP contribution in [-0.2, 0) is 17.8 Å². The summed E-state index contributed by atoms with van der Waals surface area (Å²) in [4.78, 5) is 30.2. The van der Waals surface area contributed by atoms with Crippen molar-refractivity contribution in [2.45, 2.75) is 38.8 Å². The number of aryl methyl sites for hydroxylation is 1. The number of hydrogen-bond acceptors (Lipinski definition) is 7. The van der Waals surface area contributed by atoms with Crippen LogP contribution < -0.4 is 20.0 Å². The number of anilines is 5. The first-order valence-electron chi connectivity index (χ1n) is 13.3. The van der Waals surface area contributed by atoms with Gasteiger partial charge in [0.15, 0.2) is 0 Å². The topological polar surface area (TPSA) is 67.8 Å². The highest BCUT2D eigenvalue weighted by atomic mass is 16.1. The van der Waals surface area contributed by atoms with E-state index in [9.17, 15) is 4.79 Å². The van der Waals surface area contributed by atoms with Gasteiger partial charge in [-0.25, -0.2) is 4.98 Å². The molecule has 0 spiro atoms. The molecule has 0 atom stereocenters. The number of carbonyl (C=O) groups excluding carboxylic acids is 1. The largest absolute Gasteiger partial charge is 0.369 e. The summed E-state index contributed by atoms with van der Waals surface area (Å²) in [5, 5.41) is 3.42. The number of carbonyl (C=O) groups is 1. The molecule has 2 fully saturated rings. The van der Waals surface area contributed by atoms with Crippen LogP contribution in [0.1, 0.15) is 29.7 Å². The van der Waals surface area contributed by atoms with Crippen LogP contribution in [0.3, 0.4) is 0 Å². The van der Waals surface area contributed by atoms with Gasteiger partial charge in [0.1, 0.15) is 5.82 Å². The maximum absolute atomic E-state index is 11.5. The summed E-state index contributed by atoms with van der Waals surface area (Å²) in [6.07, 6.45) is 4.11. The number of amides is 1. The van der Waals surface area contributed by atoms with Crippen LogP contribution >= 0.6 is 0 Å². The van der Waals surface area contributed by atoms with Crippen LogP contribution in [-0.4, -0.2) is 67.1 Å². The zero-order valence-electron chi connectivity index (χ0n) is 21.7. The summed E-state index contributed by atoms with van der Waals surface area (Å²) in [6, 6.07) is 17.3. The maximum Gasteiger partial charge on any atom is 0.229 e. The number of nitrogens with zero attached hydrogens (tertiary/aromatic N) is 6. The Morgan fingerprint density at radius 2 is 1.70 bits per heavy atom. The number of piperazine rings is 1. The quantitative estimate of drug-likeness (QED) is 0.473. The van der Waals surface area contributed by atoms with Gasteiger partial charge in [0.2, 0.25) is 12.4 Å². The van der Waals surface area contributed by atoms with Crippen molar-refractivity contribution in [3.63, 3.8) is 0 Å². The molecule has 8 heteroatoms. The molecule has 3 aliphatic rings. The number of aromatic nitrogens is 2. The van der Waals surface area contributed by atoms with E-state index in [0.717, 1.165) is 87.8 Å². The molecule has 0 radical (unpaired) electrons. The molecule has 6 rings (SSSR count). The van der Waals surface area contributed by atoms with E-state index in [0.29, 0.717) is 12.0 Å². The highest BCUT2D eigenvalue weighted by Crippen LogP contribution is 2.33. The maximum atomic E-state index is 11.5. The Morgan fingerprint density at radius 1 is 0.973 bits per heavy atom. The van der Waals surface area contributed by atoms with Crippen LogP contribution in [0.5, 0.6) is 0 Å². The highest BCUT2D eigenvalue weighted by molar-refractivity contribution is 5.77. The lowest BCUT2D eigenvalue weighted by Gasteiger charge is -2.34. The summed E-state index contributed by atoms with van der Waals surface area (Å²) in [6.45, 7) is 8.11. The van der Waals surface area contributed by atoms with Gasteiger partial charge in [0.25, 0.3) is 0 Å². The monoisotopic (exact) mass is 497 g/mol. The fourth-order valence-corrected chi connectivity index (χ4v) is 5.35. The minimum absolute atomic E-state index is 0.377. The van der Waals surface area contributed by atoms with E-state index in [1.54, 1.807) is 0 Å². The van der Waals surface area contributed by atoms with Crippen LogP contribution in [0.2, 0.25) is 0 Å². The minimum atomic E-state index is 0.377. The molecule has 1 aromatic heterocycles. The first-order valence-corrected chi connectivity index (χ1v) is 13.3. The molecule has 1 amide bonds. The van der Waals surface area contributed by atoms with Crippen molar-refractivity contribution >= 4 is 35.2 Å². The van der Waals surface area contributed by atoms with Crippen LogP contribution in [0.15, 0.2) is 48.5 Å². The van der Waals surface area contributed by atoms with Gasteiger partial charge in [-0.3, -0.25) is 4.79 Å². The van der Waals surface area contributed by atoms with Crippen molar-refractivity contribution in [3.05, 3.63) is 65.4 Å². The van der Waals surface area contributed by atoms with Crippen molar-refractivity contribution in [3.8, 4) is 0 Å². The predicted molar refractivity (Wildman–Crippen MR) is 149 cm³/mol. The van der Waals surface area contributed by atoms with E-state index in [1.165, 1.54) is 16.8 Å². The van der Waals surface area contributed by atoms with Gasteiger partial charge in [-0.05, 0) is 75.2 Å². The van der Waals surface area contributed by atoms with E-state index in [-0.39, 0.29) is 0 Å². The number of rotatable bonds is 8. The first-order chi connectivity index (χ1) is 18.1. The number of hydrogen-bond donors (Lipinski definition) is 1. The van der Waals surface area contributed by atoms with Crippen molar-refractivity contribution in [2.24, 2.45) is 0 Å². The van der Waals surface area contributed by atoms with E-state index >= 15 is 0 Å². The number of benzene rings is 2. The zero-order chi connectivity index (χ0) is 25.4. The van der Waals surface area contributed by atoms with Crippen molar-refractivity contribution < 1.29 is 4.79 Å². The Balaban J connectivity index is 1.14. The SMILES string of the molecule is Cc1nc(Nc2ccc(N3CCN(C)CC3)cc2)nc2c1CCN2Cc1ccc(N(C=O)C2CC2)cc1. The smallest absolute Gasteiger partial charge is 0.229 e. The second kappa shape index (κ2) is 10.0. The highest BCUT2D eigenvalue weighted by Gasteiger charge is 2.29. The second-order valence-electron chi connectivity index (χ2n) is 10.5. The average molecular weight is 498 g/mol. The Morgan fingerprint density at radius 3 is 2.38 bits per heavy atom. The normalized spacial score (nSPS) is 17.6. The lowest BCUT2D eigenvalue weighted by molar-refractivity contribution is -0.107. The third-order valence-corrected chi connectivity index (χ3v) is 7.78. The van der Waals surface area contributed by atoms with Crippen LogP contribution in [0, 0.1) is 6.92 Å². The average Bonchev–Trinajstić information content (AvgIpc) is 3.67. The Labute approximate surface area is 218 Å². The molecule has 3 aromatic rings. The number of likely N-dealkylation sites (N-methyl/N-ethyl adjacent to an activating group) is 1. The Kier molecular flexibility index (Phi) is 6.42. The fraction of sp³-hybridized carbons (Fsp3) is 0.414. The van der Waals surface area contributed by atoms with Gasteiger partial charge in [0, 0.05) is 73.6 Å². The molecule has 1 saturated heterocycles. The molecule has 3 heterocycles. The molecular formula is C29H35N7O. The lowest BCUT2D eigenvalue weighted by Crippen LogP contribution is -2.44. The summed E-state index contributed by atoms with van der Waals surface area (Å²) < 4.78 is 0. The van der Waals surface area contributed by atoms with Crippen LogP contribution in [0.4, 0.5) is 28.8 Å². The van der Waals surface area contributed by atoms with E-state index < -0.39 is 0 Å². The molecule has 192 valence electrons. The lowest BCUT2D eigenvalue weighted by atomic mass is 10.2. The summed E-state index contributed by atoms with van der Waals surface area (Å²) in [7, 11) is 2.18. The molecule has 1 saturated carbocycles. The molecule has 0 unspecified atom stereocenters. The van der Waals surface area contributed by atoms with E-state index in [1.807, 2.05) is 4.90 Å². The molecule has 2 aromatic carbocycles. The fourth-order valence-electron chi connectivity index (χ4n) is 5.35. The van der Waals surface area contributed by atoms with E-state index in [4.69, 9.17) is 9.97 Å². The van der Waals surface area contributed by atoms with Crippen molar-refractivity contribution in [1.29, 1.82) is 0 Å². The van der Waals surface area contributed by atoms with Gasteiger partial charge in [-0.15, -0.1) is 0 Å². The zero-order valence-corrected chi connectivity index (χ0v) is 21.7. The number of nitrogens with one attached hydrogen (secondary N) is 1. The van der Waals surface area contributed by atoms with Gasteiger partial charge in [0.05, 0.1) is 0 Å². The van der Waals surface area contributed by atoms with Crippen molar-refractivity contribution in [1.82, 2.24) is 14.9 Å². The third kappa shape index (κ3) is 5.11. The predicted octanol–water partition coefficient (Wildman–Crippen LogP) is 3.97. The molecule has 1 aliphatic carbocycles. The second-order valence-corrected chi connectivity index (χ2v) is 10.5. The summed E-state index contributed by atoms with van der Waals surface area (Å²) in [5.74, 6) is 1.65. The molecule has 2 aliphatic heterocycles. The van der Waals surface area contributed by atoms with Gasteiger partial charge in [-0.1, -0.05) is 12.1 Å². The standard InChI is InChI=1S/C29H35N7O/c1-21-27-13-14-35(19-22-3-7-25(8-4-22)36(20-37)26-11-12-26)28(27)32-29(30-21)31-23-5-9-24(10-6-23)34-17-15-33(2)16-18-34/h3-10,20,26H,11-19H2,1-2H3,(H,30,31,32). The molecule has 0 bridgehead atoms. The Hall–Kier alpha value is -3.65. The first kappa shape index (κ1) is 23.7. The van der Waals surface area contributed by atoms with Crippen LogP contribution in [0.25, 0.3) is 0 Å².